The first-order valence-corrected chi connectivity index (χ1v) is 6.46. The van der Waals surface area contributed by atoms with Crippen LogP contribution in [0.4, 0.5) is 0 Å². The summed E-state index contributed by atoms with van der Waals surface area (Å²) in [6.45, 7) is 4.19. The smallest absolute Gasteiger partial charge is 0.0625 e. The molecule has 1 rings (SSSR count). The molecule has 1 N–H and O–H groups in total. The second-order valence-electron chi connectivity index (χ2n) is 4.06. The van der Waals surface area contributed by atoms with Crippen LogP contribution < -0.4 is 0 Å². The Morgan fingerprint density at radius 2 is 1.81 bits per heavy atom. The molecular formula is C13H18Cl2O. The molecule has 0 radical (unpaired) electrons. The van der Waals surface area contributed by atoms with Gasteiger partial charge >= 0.3 is 0 Å². The Labute approximate surface area is 107 Å². The van der Waals surface area contributed by atoms with Gasteiger partial charge in [0.1, 0.15) is 0 Å². The Kier molecular flexibility index (Phi) is 5.60. The van der Waals surface area contributed by atoms with Crippen LogP contribution in [0.1, 0.15) is 32.3 Å². The molecule has 0 fully saturated rings. The lowest BCUT2D eigenvalue weighted by atomic mass is 9.92. The lowest BCUT2D eigenvalue weighted by Crippen LogP contribution is -2.21. The topological polar surface area (TPSA) is 20.2 Å². The Hall–Kier alpha value is -0.240. The van der Waals surface area contributed by atoms with Crippen LogP contribution in [0, 0.1) is 5.92 Å². The number of rotatable bonds is 5. The Balaban J connectivity index is 2.76. The third-order valence-corrected chi connectivity index (χ3v) is 3.91. The van der Waals surface area contributed by atoms with Gasteiger partial charge in [-0.2, -0.15) is 0 Å². The van der Waals surface area contributed by atoms with E-state index in [1.54, 1.807) is 6.07 Å². The van der Waals surface area contributed by atoms with Crippen molar-refractivity contribution < 1.29 is 5.11 Å². The first-order chi connectivity index (χ1) is 7.60. The molecule has 0 amide bonds. The van der Waals surface area contributed by atoms with Gasteiger partial charge in [-0.05, 0) is 17.5 Å². The van der Waals surface area contributed by atoms with Crippen molar-refractivity contribution in [2.24, 2.45) is 5.92 Å². The molecule has 1 aromatic carbocycles. The molecule has 0 spiro atoms. The van der Waals surface area contributed by atoms with Gasteiger partial charge < -0.3 is 5.11 Å². The predicted octanol–water partition coefficient (Wildman–Crippen LogP) is 4.33. The van der Waals surface area contributed by atoms with Crippen LogP contribution in [-0.4, -0.2) is 11.2 Å². The highest BCUT2D eigenvalue weighted by molar-refractivity contribution is 6.42. The maximum atomic E-state index is 10.1. The highest BCUT2D eigenvalue weighted by atomic mass is 35.5. The Bertz CT molecular complexity index is 335. The molecular weight excluding hydrogens is 243 g/mol. The highest BCUT2D eigenvalue weighted by Crippen LogP contribution is 2.28. The SMILES string of the molecule is CCC(CC)C(O)Cc1cccc(Cl)c1Cl. The molecule has 0 aromatic heterocycles. The van der Waals surface area contributed by atoms with Crippen LogP contribution in [0.5, 0.6) is 0 Å². The maximum Gasteiger partial charge on any atom is 0.0625 e. The van der Waals surface area contributed by atoms with E-state index in [4.69, 9.17) is 23.2 Å². The van der Waals surface area contributed by atoms with E-state index in [2.05, 4.69) is 13.8 Å². The van der Waals surface area contributed by atoms with Gasteiger partial charge in [0.05, 0.1) is 16.1 Å². The molecule has 0 saturated carbocycles. The van der Waals surface area contributed by atoms with E-state index in [1.807, 2.05) is 12.1 Å². The van der Waals surface area contributed by atoms with E-state index < -0.39 is 0 Å². The summed E-state index contributed by atoms with van der Waals surface area (Å²) in [7, 11) is 0. The van der Waals surface area contributed by atoms with E-state index in [-0.39, 0.29) is 6.10 Å². The zero-order valence-corrected chi connectivity index (χ0v) is 11.2. The summed E-state index contributed by atoms with van der Waals surface area (Å²) in [4.78, 5) is 0. The van der Waals surface area contributed by atoms with Crippen LogP contribution >= 0.6 is 23.2 Å². The van der Waals surface area contributed by atoms with Crippen LogP contribution in [-0.2, 0) is 6.42 Å². The van der Waals surface area contributed by atoms with Crippen molar-refractivity contribution in [2.45, 2.75) is 39.2 Å². The number of hydrogen-bond acceptors (Lipinski definition) is 1. The van der Waals surface area contributed by atoms with Crippen molar-refractivity contribution in [1.82, 2.24) is 0 Å². The summed E-state index contributed by atoms with van der Waals surface area (Å²) in [6.07, 6.45) is 2.20. The van der Waals surface area contributed by atoms with E-state index in [0.717, 1.165) is 18.4 Å². The minimum absolute atomic E-state index is 0.329. The minimum atomic E-state index is -0.342. The van der Waals surface area contributed by atoms with Crippen LogP contribution in [0.2, 0.25) is 10.0 Å². The molecule has 1 aromatic rings. The van der Waals surface area contributed by atoms with Crippen LogP contribution in [0.3, 0.4) is 0 Å². The van der Waals surface area contributed by atoms with Crippen LogP contribution in [0.25, 0.3) is 0 Å². The molecule has 1 nitrogen and oxygen atoms in total. The van der Waals surface area contributed by atoms with Gasteiger partial charge in [-0.1, -0.05) is 62.0 Å². The van der Waals surface area contributed by atoms with Crippen LogP contribution in [0.15, 0.2) is 18.2 Å². The fourth-order valence-corrected chi connectivity index (χ4v) is 2.33. The summed E-state index contributed by atoms with van der Waals surface area (Å²) < 4.78 is 0. The van der Waals surface area contributed by atoms with Gasteiger partial charge in [-0.15, -0.1) is 0 Å². The average molecular weight is 261 g/mol. The van der Waals surface area contributed by atoms with Gasteiger partial charge in [-0.3, -0.25) is 0 Å². The maximum absolute atomic E-state index is 10.1. The fourth-order valence-electron chi connectivity index (χ4n) is 1.93. The zero-order chi connectivity index (χ0) is 12.1. The summed E-state index contributed by atoms with van der Waals surface area (Å²) in [5, 5.41) is 11.2. The number of hydrogen-bond donors (Lipinski definition) is 1. The van der Waals surface area contributed by atoms with Gasteiger partial charge in [0.15, 0.2) is 0 Å². The molecule has 0 aliphatic heterocycles. The number of halogens is 2. The molecule has 0 bridgehead atoms. The highest BCUT2D eigenvalue weighted by Gasteiger charge is 2.17. The van der Waals surface area contributed by atoms with Crippen molar-refractivity contribution in [2.75, 3.05) is 0 Å². The van der Waals surface area contributed by atoms with Crippen molar-refractivity contribution in [3.8, 4) is 0 Å². The van der Waals surface area contributed by atoms with Gasteiger partial charge in [0.2, 0.25) is 0 Å². The first-order valence-electron chi connectivity index (χ1n) is 5.71. The quantitative estimate of drug-likeness (QED) is 0.836. The number of aliphatic hydroxyl groups excluding tert-OH is 1. The first kappa shape index (κ1) is 13.8. The van der Waals surface area contributed by atoms with Crippen molar-refractivity contribution in [3.63, 3.8) is 0 Å². The molecule has 1 atom stereocenters. The van der Waals surface area contributed by atoms with E-state index in [0.29, 0.717) is 22.4 Å². The summed E-state index contributed by atoms with van der Waals surface area (Å²) in [5.41, 5.74) is 0.925. The molecule has 1 unspecified atom stereocenters. The summed E-state index contributed by atoms with van der Waals surface area (Å²) in [5.74, 6) is 0.329. The standard InChI is InChI=1S/C13H18Cl2O/c1-3-9(4-2)12(16)8-10-6-5-7-11(14)13(10)15/h5-7,9,12,16H,3-4,8H2,1-2H3. The second kappa shape index (κ2) is 6.48. The van der Waals surface area contributed by atoms with Crippen molar-refractivity contribution in [3.05, 3.63) is 33.8 Å². The zero-order valence-electron chi connectivity index (χ0n) is 9.71. The summed E-state index contributed by atoms with van der Waals surface area (Å²) in [6, 6.07) is 5.54. The molecule has 0 saturated heterocycles. The number of aliphatic hydroxyl groups is 1. The third-order valence-electron chi connectivity index (χ3n) is 3.05. The number of benzene rings is 1. The third kappa shape index (κ3) is 3.38. The van der Waals surface area contributed by atoms with E-state index >= 15 is 0 Å². The predicted molar refractivity (Wildman–Crippen MR) is 70.2 cm³/mol. The second-order valence-corrected chi connectivity index (χ2v) is 4.85. The van der Waals surface area contributed by atoms with Gasteiger partial charge in [-0.25, -0.2) is 0 Å². The largest absolute Gasteiger partial charge is 0.392 e. The monoisotopic (exact) mass is 260 g/mol. The lowest BCUT2D eigenvalue weighted by molar-refractivity contribution is 0.103. The minimum Gasteiger partial charge on any atom is -0.392 e. The van der Waals surface area contributed by atoms with E-state index in [9.17, 15) is 5.11 Å². The molecule has 0 aliphatic carbocycles. The van der Waals surface area contributed by atoms with Gasteiger partial charge in [0.25, 0.3) is 0 Å². The fraction of sp³-hybridized carbons (Fsp3) is 0.538. The Morgan fingerprint density at radius 3 is 2.38 bits per heavy atom. The molecule has 0 heterocycles. The average Bonchev–Trinajstić information content (AvgIpc) is 2.26. The van der Waals surface area contributed by atoms with Crippen molar-refractivity contribution in [1.29, 1.82) is 0 Å². The molecule has 3 heteroatoms. The molecule has 0 aliphatic rings. The molecule has 90 valence electrons. The lowest BCUT2D eigenvalue weighted by Gasteiger charge is -2.20. The normalized spacial score (nSPS) is 13.1. The molecule has 16 heavy (non-hydrogen) atoms. The van der Waals surface area contributed by atoms with Crippen molar-refractivity contribution >= 4 is 23.2 Å². The Morgan fingerprint density at radius 1 is 1.19 bits per heavy atom. The van der Waals surface area contributed by atoms with Gasteiger partial charge in [0, 0.05) is 6.42 Å². The summed E-state index contributed by atoms with van der Waals surface area (Å²) >= 11 is 12.0. The van der Waals surface area contributed by atoms with E-state index in [1.165, 1.54) is 0 Å².